The normalized spacial score (nSPS) is 15.5. The molecule has 1 heterocycles. The highest BCUT2D eigenvalue weighted by atomic mass is 32.1. The summed E-state index contributed by atoms with van der Waals surface area (Å²) < 4.78 is 12.9. The average molecular weight is 347 g/mol. The molecule has 4 nitrogen and oxygen atoms in total. The number of amides is 1. The fourth-order valence-electron chi connectivity index (χ4n) is 2.59. The molecule has 1 atom stereocenters. The highest BCUT2D eigenvalue weighted by molar-refractivity contribution is 7.13. The molecule has 0 radical (unpaired) electrons. The van der Waals surface area contributed by atoms with Crippen molar-refractivity contribution in [2.24, 2.45) is 0 Å². The molecule has 24 heavy (non-hydrogen) atoms. The highest BCUT2D eigenvalue weighted by Gasteiger charge is 2.29. The number of halogens is 1. The number of carbonyl (C=O) groups excluding carboxylic acids is 1. The minimum absolute atomic E-state index is 0.0751. The molecule has 0 saturated heterocycles. The van der Waals surface area contributed by atoms with Crippen molar-refractivity contribution in [1.29, 1.82) is 0 Å². The molecule has 1 aliphatic rings. The van der Waals surface area contributed by atoms with Crippen LogP contribution < -0.4 is 5.32 Å². The van der Waals surface area contributed by atoms with Crippen molar-refractivity contribution in [1.82, 2.24) is 15.2 Å². The summed E-state index contributed by atoms with van der Waals surface area (Å²) in [6.07, 6.45) is 4.75. The van der Waals surface area contributed by atoms with Crippen molar-refractivity contribution < 1.29 is 9.18 Å². The molecule has 1 aliphatic carbocycles. The summed E-state index contributed by atoms with van der Waals surface area (Å²) in [5.41, 5.74) is 0.984. The molecule has 6 heteroatoms. The summed E-state index contributed by atoms with van der Waals surface area (Å²) in [5, 5.41) is 3.84. The van der Waals surface area contributed by atoms with Crippen LogP contribution >= 0.6 is 11.3 Å². The van der Waals surface area contributed by atoms with Crippen LogP contribution in [-0.4, -0.2) is 41.5 Å². The van der Waals surface area contributed by atoms with Crippen LogP contribution in [0.15, 0.2) is 30.5 Å². The van der Waals surface area contributed by atoms with Crippen LogP contribution in [0.1, 0.15) is 40.0 Å². The molecule has 1 aromatic heterocycles. The smallest absolute Gasteiger partial charge is 0.263 e. The van der Waals surface area contributed by atoms with Gasteiger partial charge in [0.05, 0.1) is 11.2 Å². The van der Waals surface area contributed by atoms with Crippen molar-refractivity contribution in [3.8, 4) is 0 Å². The van der Waals surface area contributed by atoms with Gasteiger partial charge in [-0.1, -0.05) is 12.1 Å². The lowest BCUT2D eigenvalue weighted by atomic mass is 10.2. The van der Waals surface area contributed by atoms with E-state index in [1.807, 2.05) is 0 Å². The van der Waals surface area contributed by atoms with E-state index in [1.165, 1.54) is 36.3 Å². The number of benzene rings is 1. The van der Waals surface area contributed by atoms with Gasteiger partial charge in [0.1, 0.15) is 10.7 Å². The van der Waals surface area contributed by atoms with Crippen LogP contribution in [0.4, 0.5) is 4.39 Å². The first-order valence-electron chi connectivity index (χ1n) is 8.22. The van der Waals surface area contributed by atoms with E-state index < -0.39 is 0 Å². The Labute approximate surface area is 145 Å². The van der Waals surface area contributed by atoms with E-state index in [1.54, 1.807) is 18.3 Å². The molecule has 0 unspecified atom stereocenters. The first-order valence-corrected chi connectivity index (χ1v) is 9.04. The van der Waals surface area contributed by atoms with Crippen LogP contribution in [0.2, 0.25) is 0 Å². The largest absolute Gasteiger partial charge is 0.350 e. The van der Waals surface area contributed by atoms with Gasteiger partial charge in [0.2, 0.25) is 0 Å². The molecule has 0 aliphatic heterocycles. The zero-order valence-electron chi connectivity index (χ0n) is 14.0. The Hall–Kier alpha value is -1.79. The first-order chi connectivity index (χ1) is 11.5. The maximum absolute atomic E-state index is 12.9. The minimum atomic E-state index is -0.247. The lowest BCUT2D eigenvalue weighted by Gasteiger charge is -2.24. The number of thiazole rings is 1. The van der Waals surface area contributed by atoms with Crippen LogP contribution in [0.3, 0.4) is 0 Å². The van der Waals surface area contributed by atoms with Gasteiger partial charge in [0.15, 0.2) is 0 Å². The predicted molar refractivity (Wildman–Crippen MR) is 93.9 cm³/mol. The third-order valence-electron chi connectivity index (χ3n) is 4.42. The summed E-state index contributed by atoms with van der Waals surface area (Å²) in [6.45, 7) is 2.77. The fourth-order valence-corrected chi connectivity index (χ4v) is 3.46. The van der Waals surface area contributed by atoms with Gasteiger partial charge >= 0.3 is 0 Å². The summed E-state index contributed by atoms with van der Waals surface area (Å²) in [6, 6.07) is 7.37. The lowest BCUT2D eigenvalue weighted by Crippen LogP contribution is -2.41. The van der Waals surface area contributed by atoms with Gasteiger partial charge in [-0.3, -0.25) is 9.69 Å². The number of hydrogen-bond donors (Lipinski definition) is 1. The molecule has 0 spiro atoms. The molecular formula is C18H22FN3OS. The van der Waals surface area contributed by atoms with Gasteiger partial charge in [0.25, 0.3) is 5.91 Å². The van der Waals surface area contributed by atoms with E-state index in [9.17, 15) is 9.18 Å². The van der Waals surface area contributed by atoms with Crippen molar-refractivity contribution in [2.75, 3.05) is 13.6 Å². The Morgan fingerprint density at radius 2 is 2.12 bits per heavy atom. The molecule has 1 saturated carbocycles. The number of aromatic nitrogens is 1. The summed E-state index contributed by atoms with van der Waals surface area (Å²) >= 11 is 1.39. The Bertz CT molecular complexity index is 697. The van der Waals surface area contributed by atoms with Crippen molar-refractivity contribution in [3.63, 3.8) is 0 Å². The van der Waals surface area contributed by atoms with Gasteiger partial charge in [-0.2, -0.15) is 0 Å². The van der Waals surface area contributed by atoms with E-state index in [-0.39, 0.29) is 11.7 Å². The van der Waals surface area contributed by atoms with Gasteiger partial charge < -0.3 is 5.32 Å². The van der Waals surface area contributed by atoms with Crippen LogP contribution in [0.5, 0.6) is 0 Å². The molecule has 2 aromatic rings. The molecule has 1 aromatic carbocycles. The Morgan fingerprint density at radius 3 is 2.79 bits per heavy atom. The number of nitrogens with zero attached hydrogens (tertiary/aromatic N) is 2. The molecule has 1 fully saturated rings. The van der Waals surface area contributed by atoms with Crippen molar-refractivity contribution in [2.45, 2.75) is 38.3 Å². The quantitative estimate of drug-likeness (QED) is 0.837. The van der Waals surface area contributed by atoms with E-state index in [0.717, 1.165) is 10.6 Å². The number of nitrogens with one attached hydrogen (secondary N) is 1. The topological polar surface area (TPSA) is 45.2 Å². The highest BCUT2D eigenvalue weighted by Crippen LogP contribution is 2.26. The third-order valence-corrected chi connectivity index (χ3v) is 5.42. The number of carbonyl (C=O) groups is 1. The van der Waals surface area contributed by atoms with Crippen molar-refractivity contribution in [3.05, 3.63) is 51.7 Å². The van der Waals surface area contributed by atoms with Gasteiger partial charge in [-0.15, -0.1) is 11.3 Å². The SMILES string of the molecule is C[C@@H](CNC(=O)c1cnc(Cc2ccc(F)cc2)s1)N(C)C1CC1. The molecule has 128 valence electrons. The fraction of sp³-hybridized carbons (Fsp3) is 0.444. The van der Waals surface area contributed by atoms with E-state index in [2.05, 4.69) is 29.2 Å². The average Bonchev–Trinajstić information content (AvgIpc) is 3.33. The standard InChI is InChI=1S/C18H22FN3OS/c1-12(22(2)15-7-8-15)10-21-18(23)16-11-20-17(24-16)9-13-3-5-14(19)6-4-13/h3-6,11-12,15H,7-10H2,1-2H3,(H,21,23)/t12-/m0/s1. The van der Waals surface area contributed by atoms with Gasteiger partial charge in [-0.05, 0) is 44.5 Å². The second-order valence-corrected chi connectivity index (χ2v) is 7.49. The monoisotopic (exact) mass is 347 g/mol. The number of hydrogen-bond acceptors (Lipinski definition) is 4. The maximum atomic E-state index is 12.9. The van der Waals surface area contributed by atoms with E-state index in [4.69, 9.17) is 0 Å². The van der Waals surface area contributed by atoms with Crippen LogP contribution in [0, 0.1) is 5.82 Å². The Balaban J connectivity index is 1.52. The Kier molecular flexibility index (Phi) is 5.26. The Morgan fingerprint density at radius 1 is 1.42 bits per heavy atom. The number of rotatable bonds is 7. The first kappa shape index (κ1) is 17.0. The molecule has 0 bridgehead atoms. The zero-order valence-corrected chi connectivity index (χ0v) is 14.8. The van der Waals surface area contributed by atoms with Crippen molar-refractivity contribution >= 4 is 17.2 Å². The van der Waals surface area contributed by atoms with Crippen LogP contribution in [0.25, 0.3) is 0 Å². The van der Waals surface area contributed by atoms with Gasteiger partial charge in [0, 0.05) is 25.0 Å². The molecule has 1 amide bonds. The maximum Gasteiger partial charge on any atom is 0.263 e. The predicted octanol–water partition coefficient (Wildman–Crippen LogP) is 3.09. The molecular weight excluding hydrogens is 325 g/mol. The summed E-state index contributed by atoms with van der Waals surface area (Å²) in [7, 11) is 2.11. The third kappa shape index (κ3) is 4.39. The van der Waals surface area contributed by atoms with Crippen LogP contribution in [-0.2, 0) is 6.42 Å². The minimum Gasteiger partial charge on any atom is -0.350 e. The molecule has 1 N–H and O–H groups in total. The van der Waals surface area contributed by atoms with Gasteiger partial charge in [-0.25, -0.2) is 9.37 Å². The second-order valence-electron chi connectivity index (χ2n) is 6.38. The van der Waals surface area contributed by atoms with E-state index in [0.29, 0.717) is 29.9 Å². The lowest BCUT2D eigenvalue weighted by molar-refractivity contribution is 0.0943. The zero-order chi connectivity index (χ0) is 17.1. The van der Waals surface area contributed by atoms with E-state index >= 15 is 0 Å². The summed E-state index contributed by atoms with van der Waals surface area (Å²) in [4.78, 5) is 19.5. The second kappa shape index (κ2) is 7.40. The number of likely N-dealkylation sites (N-methyl/N-ethyl adjacent to an activating group) is 1. The summed E-state index contributed by atoms with van der Waals surface area (Å²) in [5.74, 6) is -0.322. The molecule has 3 rings (SSSR count).